The summed E-state index contributed by atoms with van der Waals surface area (Å²) >= 11 is 0. The first-order valence-corrected chi connectivity index (χ1v) is 9.56. The second kappa shape index (κ2) is 7.40. The minimum Gasteiger partial charge on any atom is -0.350 e. The van der Waals surface area contributed by atoms with Crippen LogP contribution in [0.4, 0.5) is 11.4 Å². The van der Waals surface area contributed by atoms with E-state index in [0.29, 0.717) is 17.0 Å². The fraction of sp³-hybridized carbons (Fsp3) is 0.120. The highest BCUT2D eigenvalue weighted by Gasteiger charge is 2.40. The summed E-state index contributed by atoms with van der Waals surface area (Å²) < 4.78 is 0. The molecule has 0 aliphatic carbocycles. The number of imide groups is 1. The molecular weight excluding hydrogens is 360 g/mol. The molecule has 29 heavy (non-hydrogen) atoms. The van der Waals surface area contributed by atoms with Gasteiger partial charge in [0.1, 0.15) is 5.70 Å². The Kier molecular flexibility index (Phi) is 4.77. The Hall–Kier alpha value is -3.66. The Balaban J connectivity index is 1.87. The molecule has 0 unspecified atom stereocenters. The van der Waals surface area contributed by atoms with Crippen LogP contribution >= 0.6 is 0 Å². The molecule has 0 atom stereocenters. The molecule has 1 heterocycles. The Morgan fingerprint density at radius 3 is 2.07 bits per heavy atom. The van der Waals surface area contributed by atoms with Crippen molar-refractivity contribution < 1.29 is 9.59 Å². The molecule has 144 valence electrons. The van der Waals surface area contributed by atoms with Crippen molar-refractivity contribution in [2.24, 2.45) is 0 Å². The molecule has 1 aliphatic heterocycles. The van der Waals surface area contributed by atoms with Gasteiger partial charge in [-0.25, -0.2) is 4.90 Å². The molecule has 0 aromatic heterocycles. The largest absolute Gasteiger partial charge is 0.350 e. The molecule has 1 N–H and O–H groups in total. The van der Waals surface area contributed by atoms with Crippen molar-refractivity contribution in [2.75, 3.05) is 10.2 Å². The van der Waals surface area contributed by atoms with E-state index < -0.39 is 0 Å². The van der Waals surface area contributed by atoms with Gasteiger partial charge in [0, 0.05) is 5.69 Å². The molecule has 0 spiro atoms. The number of hydrogen-bond acceptors (Lipinski definition) is 3. The van der Waals surface area contributed by atoms with Crippen LogP contribution in [0.25, 0.3) is 5.57 Å². The maximum Gasteiger partial charge on any atom is 0.282 e. The third-order valence-electron chi connectivity index (χ3n) is 5.28. The van der Waals surface area contributed by atoms with Crippen molar-refractivity contribution in [1.29, 1.82) is 0 Å². The quantitative estimate of drug-likeness (QED) is 0.646. The molecule has 4 heteroatoms. The van der Waals surface area contributed by atoms with Crippen LogP contribution in [0, 0.1) is 20.8 Å². The zero-order valence-corrected chi connectivity index (χ0v) is 16.7. The molecule has 0 radical (unpaired) electrons. The summed E-state index contributed by atoms with van der Waals surface area (Å²) in [6, 6.07) is 22.7. The standard InChI is InChI=1S/C25H22N2O2/c1-16-13-14-19(15-18(16)3)22-23(26-20-10-5-4-6-11-20)25(29)27(24(22)28)21-12-8-7-9-17(21)2/h4-15,26H,1-3H3. The number of nitrogens with one attached hydrogen (secondary N) is 1. The first kappa shape index (κ1) is 18.7. The molecule has 1 aliphatic rings. The molecule has 2 amide bonds. The summed E-state index contributed by atoms with van der Waals surface area (Å²) in [7, 11) is 0. The summed E-state index contributed by atoms with van der Waals surface area (Å²) in [5.74, 6) is -0.660. The Morgan fingerprint density at radius 1 is 0.690 bits per heavy atom. The zero-order chi connectivity index (χ0) is 20.5. The normalized spacial score (nSPS) is 14.0. The van der Waals surface area contributed by atoms with E-state index in [4.69, 9.17) is 0 Å². The van der Waals surface area contributed by atoms with Gasteiger partial charge in [0.05, 0.1) is 11.3 Å². The third-order valence-corrected chi connectivity index (χ3v) is 5.28. The maximum absolute atomic E-state index is 13.5. The number of aryl methyl sites for hydroxylation is 3. The molecule has 3 aromatic carbocycles. The molecule has 4 rings (SSSR count). The van der Waals surface area contributed by atoms with Crippen LogP contribution in [0.1, 0.15) is 22.3 Å². The van der Waals surface area contributed by atoms with Crippen molar-refractivity contribution in [3.8, 4) is 0 Å². The third kappa shape index (κ3) is 3.34. The minimum absolute atomic E-state index is 0.299. The number of para-hydroxylation sites is 2. The lowest BCUT2D eigenvalue weighted by atomic mass is 9.99. The highest BCUT2D eigenvalue weighted by atomic mass is 16.2. The van der Waals surface area contributed by atoms with Gasteiger partial charge in [-0.3, -0.25) is 9.59 Å². The number of carbonyl (C=O) groups is 2. The predicted octanol–water partition coefficient (Wildman–Crippen LogP) is 5.01. The second-order valence-electron chi connectivity index (χ2n) is 7.27. The van der Waals surface area contributed by atoms with E-state index >= 15 is 0 Å². The van der Waals surface area contributed by atoms with Crippen molar-refractivity contribution >= 4 is 28.8 Å². The molecule has 0 saturated carbocycles. The molecular formula is C25H22N2O2. The fourth-order valence-corrected chi connectivity index (χ4v) is 3.51. The number of benzene rings is 3. The van der Waals surface area contributed by atoms with E-state index in [9.17, 15) is 9.59 Å². The fourth-order valence-electron chi connectivity index (χ4n) is 3.51. The summed E-state index contributed by atoms with van der Waals surface area (Å²) in [5, 5.41) is 3.19. The van der Waals surface area contributed by atoms with Gasteiger partial charge in [0.25, 0.3) is 11.8 Å². The number of nitrogens with zero attached hydrogens (tertiary/aromatic N) is 1. The number of rotatable bonds is 4. The smallest absolute Gasteiger partial charge is 0.282 e. The molecule has 0 fully saturated rings. The van der Waals surface area contributed by atoms with E-state index in [1.54, 1.807) is 6.07 Å². The average Bonchev–Trinajstić information content (AvgIpc) is 2.95. The van der Waals surface area contributed by atoms with Gasteiger partial charge in [-0.1, -0.05) is 54.6 Å². The van der Waals surface area contributed by atoms with Crippen LogP contribution in [0.15, 0.2) is 78.5 Å². The molecule has 0 bridgehead atoms. The molecule has 0 saturated heterocycles. The topological polar surface area (TPSA) is 49.4 Å². The number of anilines is 2. The first-order valence-electron chi connectivity index (χ1n) is 9.56. The van der Waals surface area contributed by atoms with Gasteiger partial charge >= 0.3 is 0 Å². The number of carbonyl (C=O) groups excluding carboxylic acids is 2. The zero-order valence-electron chi connectivity index (χ0n) is 16.7. The van der Waals surface area contributed by atoms with Crippen LogP contribution in [0.2, 0.25) is 0 Å². The van der Waals surface area contributed by atoms with Gasteiger partial charge in [0.15, 0.2) is 0 Å². The van der Waals surface area contributed by atoms with Crippen LogP contribution in [0.5, 0.6) is 0 Å². The SMILES string of the molecule is Cc1ccc(C2=C(Nc3ccccc3)C(=O)N(c3ccccc3C)C2=O)cc1C. The second-order valence-corrected chi connectivity index (χ2v) is 7.27. The Morgan fingerprint density at radius 2 is 1.38 bits per heavy atom. The van der Waals surface area contributed by atoms with E-state index in [0.717, 1.165) is 27.9 Å². The maximum atomic E-state index is 13.5. The predicted molar refractivity (Wildman–Crippen MR) is 117 cm³/mol. The Labute approximate surface area is 170 Å². The summed E-state index contributed by atoms with van der Waals surface area (Å²) in [6.07, 6.45) is 0. The van der Waals surface area contributed by atoms with E-state index in [1.807, 2.05) is 87.5 Å². The van der Waals surface area contributed by atoms with Gasteiger partial charge in [-0.05, 0) is 61.2 Å². The van der Waals surface area contributed by atoms with Crippen LogP contribution < -0.4 is 10.2 Å². The van der Waals surface area contributed by atoms with Crippen LogP contribution in [0.3, 0.4) is 0 Å². The summed E-state index contributed by atoms with van der Waals surface area (Å²) in [5.41, 5.74) is 5.88. The Bertz CT molecular complexity index is 1150. The number of hydrogen-bond donors (Lipinski definition) is 1. The first-order chi connectivity index (χ1) is 14.0. The monoisotopic (exact) mass is 382 g/mol. The minimum atomic E-state index is -0.346. The lowest BCUT2D eigenvalue weighted by Crippen LogP contribution is -2.33. The van der Waals surface area contributed by atoms with Crippen LogP contribution in [-0.2, 0) is 9.59 Å². The lowest BCUT2D eigenvalue weighted by Gasteiger charge is -2.17. The van der Waals surface area contributed by atoms with Crippen molar-refractivity contribution in [1.82, 2.24) is 0 Å². The van der Waals surface area contributed by atoms with Crippen molar-refractivity contribution in [3.63, 3.8) is 0 Å². The van der Waals surface area contributed by atoms with Gasteiger partial charge in [-0.15, -0.1) is 0 Å². The van der Waals surface area contributed by atoms with Gasteiger partial charge in [0.2, 0.25) is 0 Å². The van der Waals surface area contributed by atoms with E-state index in [1.165, 1.54) is 4.90 Å². The highest BCUT2D eigenvalue weighted by molar-refractivity contribution is 6.46. The van der Waals surface area contributed by atoms with Gasteiger partial charge < -0.3 is 5.32 Å². The average molecular weight is 382 g/mol. The highest BCUT2D eigenvalue weighted by Crippen LogP contribution is 2.35. The van der Waals surface area contributed by atoms with Crippen molar-refractivity contribution in [2.45, 2.75) is 20.8 Å². The molecule has 4 nitrogen and oxygen atoms in total. The molecule has 3 aromatic rings. The van der Waals surface area contributed by atoms with Crippen LogP contribution in [-0.4, -0.2) is 11.8 Å². The number of amides is 2. The van der Waals surface area contributed by atoms with Crippen molar-refractivity contribution in [3.05, 3.63) is 101 Å². The van der Waals surface area contributed by atoms with E-state index in [-0.39, 0.29) is 11.8 Å². The lowest BCUT2D eigenvalue weighted by molar-refractivity contribution is -0.120. The summed E-state index contributed by atoms with van der Waals surface area (Å²) in [4.78, 5) is 28.1. The van der Waals surface area contributed by atoms with Gasteiger partial charge in [-0.2, -0.15) is 0 Å². The summed E-state index contributed by atoms with van der Waals surface area (Å²) in [6.45, 7) is 5.93. The van der Waals surface area contributed by atoms with E-state index in [2.05, 4.69) is 5.32 Å².